The predicted octanol–water partition coefficient (Wildman–Crippen LogP) is 3.36. The van der Waals surface area contributed by atoms with Gasteiger partial charge in [-0.25, -0.2) is 13.1 Å². The van der Waals surface area contributed by atoms with E-state index < -0.39 is 22.2 Å². The van der Waals surface area contributed by atoms with Gasteiger partial charge in [0.15, 0.2) is 0 Å². The van der Waals surface area contributed by atoms with Gasteiger partial charge in [0.05, 0.1) is 15.9 Å². The van der Waals surface area contributed by atoms with Crippen molar-refractivity contribution in [2.24, 2.45) is 5.92 Å². The fourth-order valence-corrected chi connectivity index (χ4v) is 5.39. The Morgan fingerprint density at radius 1 is 1.40 bits per heavy atom. The van der Waals surface area contributed by atoms with E-state index in [-0.39, 0.29) is 10.1 Å². The van der Waals surface area contributed by atoms with E-state index in [2.05, 4.69) is 20.7 Å². The van der Waals surface area contributed by atoms with Crippen LogP contribution in [0.4, 0.5) is 0 Å². The molecular formula is C13H22BrNO3S2. The third-order valence-corrected chi connectivity index (χ3v) is 6.94. The Morgan fingerprint density at radius 3 is 2.50 bits per heavy atom. The molecule has 0 bridgehead atoms. The summed E-state index contributed by atoms with van der Waals surface area (Å²) in [7, 11) is -3.58. The highest BCUT2D eigenvalue weighted by molar-refractivity contribution is 9.11. The summed E-state index contributed by atoms with van der Waals surface area (Å²) in [5, 5.41) is 10.2. The van der Waals surface area contributed by atoms with E-state index in [1.807, 2.05) is 20.8 Å². The first-order valence-electron chi connectivity index (χ1n) is 6.77. The second-order valence-electron chi connectivity index (χ2n) is 4.95. The van der Waals surface area contributed by atoms with E-state index in [1.165, 1.54) is 11.3 Å². The summed E-state index contributed by atoms with van der Waals surface area (Å²) < 4.78 is 28.4. The highest BCUT2D eigenvalue weighted by Gasteiger charge is 2.29. The van der Waals surface area contributed by atoms with Crippen LogP contribution in [0.25, 0.3) is 0 Å². The summed E-state index contributed by atoms with van der Waals surface area (Å²) in [6, 6.07) is 2.82. The van der Waals surface area contributed by atoms with Gasteiger partial charge in [-0.3, -0.25) is 0 Å². The van der Waals surface area contributed by atoms with Gasteiger partial charge in [-0.2, -0.15) is 0 Å². The molecule has 0 saturated heterocycles. The number of hydrogen-bond acceptors (Lipinski definition) is 4. The monoisotopic (exact) mass is 383 g/mol. The second-order valence-corrected chi connectivity index (χ2v) is 9.35. The van der Waals surface area contributed by atoms with Crippen LogP contribution >= 0.6 is 27.3 Å². The first-order chi connectivity index (χ1) is 9.31. The maximum Gasteiger partial charge on any atom is 0.250 e. The van der Waals surface area contributed by atoms with Crippen molar-refractivity contribution in [2.75, 3.05) is 0 Å². The first-order valence-corrected chi connectivity index (χ1v) is 9.86. The van der Waals surface area contributed by atoms with Crippen molar-refractivity contribution < 1.29 is 13.5 Å². The summed E-state index contributed by atoms with van der Waals surface area (Å²) in [5.74, 6) is 0.0785. The Hall–Kier alpha value is 0.0500. The Labute approximate surface area is 133 Å². The van der Waals surface area contributed by atoms with Crippen LogP contribution in [0.5, 0.6) is 0 Å². The topological polar surface area (TPSA) is 66.4 Å². The van der Waals surface area contributed by atoms with E-state index in [9.17, 15) is 13.5 Å². The zero-order chi connectivity index (χ0) is 15.3. The maximum absolute atomic E-state index is 12.4. The van der Waals surface area contributed by atoms with Gasteiger partial charge in [0.2, 0.25) is 10.0 Å². The van der Waals surface area contributed by atoms with Gasteiger partial charge in [0, 0.05) is 0 Å². The molecule has 4 nitrogen and oxygen atoms in total. The van der Waals surface area contributed by atoms with Gasteiger partial charge in [-0.1, -0.05) is 33.6 Å². The lowest BCUT2D eigenvalue weighted by molar-refractivity contribution is 0.102. The van der Waals surface area contributed by atoms with Crippen LogP contribution < -0.4 is 4.72 Å². The third-order valence-electron chi connectivity index (χ3n) is 3.36. The minimum Gasteiger partial charge on any atom is -0.391 e. The molecule has 0 aliphatic rings. The van der Waals surface area contributed by atoms with Crippen LogP contribution in [0.15, 0.2) is 20.1 Å². The first kappa shape index (κ1) is 18.1. The van der Waals surface area contributed by atoms with E-state index in [0.29, 0.717) is 6.42 Å². The minimum atomic E-state index is -3.58. The largest absolute Gasteiger partial charge is 0.391 e. The number of aliphatic hydroxyl groups excluding tert-OH is 1. The minimum absolute atomic E-state index is 0.0785. The zero-order valence-corrected chi connectivity index (χ0v) is 15.2. The molecule has 0 saturated carbocycles. The van der Waals surface area contributed by atoms with Gasteiger partial charge < -0.3 is 5.11 Å². The number of thiophene rings is 1. The Morgan fingerprint density at radius 2 is 2.05 bits per heavy atom. The van der Waals surface area contributed by atoms with Gasteiger partial charge in [0.1, 0.15) is 4.21 Å². The molecule has 116 valence electrons. The molecular weight excluding hydrogens is 362 g/mol. The summed E-state index contributed by atoms with van der Waals surface area (Å²) in [4.78, 5) is 0. The van der Waals surface area contributed by atoms with Gasteiger partial charge >= 0.3 is 0 Å². The second kappa shape index (κ2) is 7.89. The standard InChI is InChI=1S/C13H22BrNO3S2/c1-4-6-10(16)13(9(3)5-2)15-20(17,18)12-8-7-11(14)19-12/h7-10,13,15-16H,4-6H2,1-3H3/t9-,10-,13+/m0/s1. The number of halogens is 1. The number of nitrogens with one attached hydrogen (secondary N) is 1. The van der Waals surface area contributed by atoms with Crippen molar-refractivity contribution in [3.05, 3.63) is 15.9 Å². The lowest BCUT2D eigenvalue weighted by Crippen LogP contribution is -2.47. The Bertz CT molecular complexity index is 515. The van der Waals surface area contributed by atoms with E-state index in [0.717, 1.165) is 16.6 Å². The van der Waals surface area contributed by atoms with Gasteiger partial charge in [-0.15, -0.1) is 11.3 Å². The average Bonchev–Trinajstić information content (AvgIpc) is 2.83. The molecule has 1 aromatic rings. The van der Waals surface area contributed by atoms with Crippen LogP contribution in [-0.2, 0) is 10.0 Å². The van der Waals surface area contributed by atoms with Crippen LogP contribution in [0.1, 0.15) is 40.0 Å². The highest BCUT2D eigenvalue weighted by atomic mass is 79.9. The van der Waals surface area contributed by atoms with E-state index >= 15 is 0 Å². The van der Waals surface area contributed by atoms with Crippen LogP contribution in [0, 0.1) is 5.92 Å². The molecule has 0 aromatic carbocycles. The molecule has 0 radical (unpaired) electrons. The lowest BCUT2D eigenvalue weighted by atomic mass is 9.93. The van der Waals surface area contributed by atoms with Crippen LogP contribution in [0.2, 0.25) is 0 Å². The van der Waals surface area contributed by atoms with Gasteiger partial charge in [-0.05, 0) is 40.4 Å². The molecule has 0 aliphatic heterocycles. The van der Waals surface area contributed by atoms with E-state index in [4.69, 9.17) is 0 Å². The Kier molecular flexibility index (Phi) is 7.14. The lowest BCUT2D eigenvalue weighted by Gasteiger charge is -2.28. The fourth-order valence-electron chi connectivity index (χ4n) is 1.98. The van der Waals surface area contributed by atoms with Crippen LogP contribution in [-0.4, -0.2) is 25.7 Å². The number of rotatable bonds is 8. The van der Waals surface area contributed by atoms with Crippen molar-refractivity contribution >= 4 is 37.3 Å². The summed E-state index contributed by atoms with van der Waals surface area (Å²) in [6.45, 7) is 5.92. The molecule has 0 amide bonds. The molecule has 0 unspecified atom stereocenters. The molecule has 0 spiro atoms. The van der Waals surface area contributed by atoms with Crippen molar-refractivity contribution in [2.45, 2.75) is 56.4 Å². The predicted molar refractivity (Wildman–Crippen MR) is 86.5 cm³/mol. The smallest absolute Gasteiger partial charge is 0.250 e. The molecule has 1 rings (SSSR count). The highest BCUT2D eigenvalue weighted by Crippen LogP contribution is 2.27. The van der Waals surface area contributed by atoms with Crippen LogP contribution in [0.3, 0.4) is 0 Å². The molecule has 7 heteroatoms. The summed E-state index contributed by atoms with van der Waals surface area (Å²) in [6.07, 6.45) is 1.56. The maximum atomic E-state index is 12.4. The summed E-state index contributed by atoms with van der Waals surface area (Å²) in [5.41, 5.74) is 0. The molecule has 1 aromatic heterocycles. The molecule has 20 heavy (non-hydrogen) atoms. The van der Waals surface area contributed by atoms with Crippen molar-refractivity contribution in [3.63, 3.8) is 0 Å². The van der Waals surface area contributed by atoms with Crippen molar-refractivity contribution in [1.82, 2.24) is 4.72 Å². The van der Waals surface area contributed by atoms with Crippen molar-refractivity contribution in [3.8, 4) is 0 Å². The number of sulfonamides is 1. The molecule has 1 heterocycles. The average molecular weight is 384 g/mol. The third kappa shape index (κ3) is 4.80. The number of aliphatic hydroxyl groups is 1. The zero-order valence-electron chi connectivity index (χ0n) is 12.0. The molecule has 0 fully saturated rings. The molecule has 0 aliphatic carbocycles. The SMILES string of the molecule is CCC[C@H](O)[C@H](NS(=O)(=O)c1ccc(Br)s1)[C@@H](C)CC. The quantitative estimate of drug-likeness (QED) is 0.722. The normalized spacial score (nSPS) is 16.9. The molecule has 2 N–H and O–H groups in total. The Balaban J connectivity index is 2.94. The number of hydrogen-bond donors (Lipinski definition) is 2. The fraction of sp³-hybridized carbons (Fsp3) is 0.692. The van der Waals surface area contributed by atoms with Crippen molar-refractivity contribution in [1.29, 1.82) is 0 Å². The molecule has 3 atom stereocenters. The van der Waals surface area contributed by atoms with E-state index in [1.54, 1.807) is 12.1 Å². The summed E-state index contributed by atoms with van der Waals surface area (Å²) >= 11 is 4.43. The van der Waals surface area contributed by atoms with Gasteiger partial charge in [0.25, 0.3) is 0 Å².